The first-order valence-corrected chi connectivity index (χ1v) is 7.89. The Morgan fingerprint density at radius 1 is 1.38 bits per heavy atom. The van der Waals surface area contributed by atoms with Crippen LogP contribution in [0.15, 0.2) is 36.0 Å². The van der Waals surface area contributed by atoms with Crippen LogP contribution in [0.5, 0.6) is 0 Å². The normalized spacial score (nSPS) is 23.5. The van der Waals surface area contributed by atoms with Crippen LogP contribution in [0.1, 0.15) is 19.3 Å². The monoisotopic (exact) mass is 350 g/mol. The number of rotatable bonds is 5. The number of carbonyl (C=O) groups excluding carboxylic acids is 4. The maximum atomic E-state index is 12.5. The van der Waals surface area contributed by atoms with E-state index in [4.69, 9.17) is 4.74 Å². The van der Waals surface area contributed by atoms with Crippen LogP contribution in [0.25, 0.3) is 0 Å². The molecular weight excluding hydrogens is 332 g/mol. The summed E-state index contributed by atoms with van der Waals surface area (Å²) in [5.41, 5.74) is 1.11. The molecule has 0 aromatic rings. The smallest absolute Gasteiger partial charge is 0.364 e. The molecule has 8 heteroatoms. The van der Waals surface area contributed by atoms with E-state index in [1.807, 2.05) is 0 Å². The van der Waals surface area contributed by atoms with E-state index in [0.717, 1.165) is 0 Å². The number of likely N-dealkylation sites (tertiary alicyclic amines) is 1. The average molecular weight is 350 g/mol. The lowest BCUT2D eigenvalue weighted by molar-refractivity contribution is -0.142. The van der Waals surface area contributed by atoms with E-state index in [0.29, 0.717) is 30.5 Å². The van der Waals surface area contributed by atoms with Gasteiger partial charge < -0.3 is 9.64 Å². The summed E-state index contributed by atoms with van der Waals surface area (Å²) in [5, 5.41) is 1.54. The van der Waals surface area contributed by atoms with Gasteiger partial charge in [-0.05, 0) is 24.5 Å². The summed E-state index contributed by atoms with van der Waals surface area (Å²) < 4.78 is 4.81. The van der Waals surface area contributed by atoms with Crippen molar-refractivity contribution in [2.45, 2.75) is 25.3 Å². The van der Waals surface area contributed by atoms with Crippen molar-refractivity contribution < 1.29 is 23.9 Å². The second-order valence-electron chi connectivity index (χ2n) is 5.42. The Labute approximate surface area is 144 Å². The fourth-order valence-electron chi connectivity index (χ4n) is 2.70. The van der Waals surface area contributed by atoms with Crippen molar-refractivity contribution in [3.8, 4) is 0 Å². The van der Waals surface area contributed by atoms with Crippen molar-refractivity contribution in [3.63, 3.8) is 0 Å². The van der Waals surface area contributed by atoms with E-state index in [2.05, 4.69) is 24.5 Å². The molecule has 0 radical (unpaired) electrons. The van der Waals surface area contributed by atoms with Gasteiger partial charge >= 0.3 is 5.30 Å². The molecule has 2 aliphatic heterocycles. The van der Waals surface area contributed by atoms with Crippen LogP contribution in [0.2, 0.25) is 0 Å². The third kappa shape index (κ3) is 4.35. The summed E-state index contributed by atoms with van der Waals surface area (Å²) in [6.45, 7) is 3.96. The van der Waals surface area contributed by atoms with E-state index in [9.17, 15) is 19.2 Å². The van der Waals surface area contributed by atoms with Gasteiger partial charge in [-0.2, -0.15) is 0 Å². The predicted molar refractivity (Wildman–Crippen MR) is 89.2 cm³/mol. The third-order valence-electron chi connectivity index (χ3n) is 3.80. The molecule has 0 spiro atoms. The molecule has 2 heterocycles. The Morgan fingerprint density at radius 2 is 2.12 bits per heavy atom. The van der Waals surface area contributed by atoms with Crippen LogP contribution in [-0.2, 0) is 19.1 Å². The van der Waals surface area contributed by atoms with Crippen LogP contribution in [-0.4, -0.2) is 47.1 Å². The molecule has 2 aliphatic rings. The van der Waals surface area contributed by atoms with Gasteiger partial charge in [0.2, 0.25) is 11.8 Å². The molecule has 2 saturated heterocycles. The van der Waals surface area contributed by atoms with Crippen LogP contribution >= 0.6 is 12.6 Å². The van der Waals surface area contributed by atoms with E-state index in [-0.39, 0.29) is 24.8 Å². The number of piperidine rings is 1. The Hall–Kier alpha value is -2.35. The van der Waals surface area contributed by atoms with E-state index >= 15 is 0 Å². The molecular formula is C16H18N2O5S. The lowest BCUT2D eigenvalue weighted by Gasteiger charge is -2.29. The zero-order valence-electron chi connectivity index (χ0n) is 13.0. The topological polar surface area (TPSA) is 92.8 Å². The molecule has 1 N–H and O–H groups in total. The minimum Gasteiger partial charge on any atom is -0.453 e. The number of hydrogen-bond donors (Lipinski definition) is 2. The standard InChI is InChI=1S/C16H18N2O5S/c1-2-3-10(9-23-16(22)24)8-11-6-7-18(15(11)21)12-4-5-13(19)17-14(12)20/h2-3,8,12H,1,4-7,9H2,(H,22,24)(H,17,19,20)/b10-3+,11-8+. The summed E-state index contributed by atoms with van der Waals surface area (Å²) >= 11 is 3.53. The Balaban J connectivity index is 2.10. The van der Waals surface area contributed by atoms with Crippen molar-refractivity contribution in [1.82, 2.24) is 10.2 Å². The van der Waals surface area contributed by atoms with Gasteiger partial charge in [-0.15, -0.1) is 0 Å². The molecule has 0 bridgehead atoms. The van der Waals surface area contributed by atoms with Crippen molar-refractivity contribution in [2.75, 3.05) is 13.2 Å². The van der Waals surface area contributed by atoms with Gasteiger partial charge in [-0.1, -0.05) is 31.4 Å². The number of carbonyl (C=O) groups is 4. The van der Waals surface area contributed by atoms with Crippen molar-refractivity contribution in [3.05, 3.63) is 36.0 Å². The van der Waals surface area contributed by atoms with E-state index in [1.54, 1.807) is 12.2 Å². The van der Waals surface area contributed by atoms with Gasteiger partial charge in [0.05, 0.1) is 0 Å². The molecule has 128 valence electrons. The number of nitrogens with zero attached hydrogens (tertiary/aromatic N) is 1. The zero-order valence-corrected chi connectivity index (χ0v) is 13.9. The number of allylic oxidation sites excluding steroid dienone is 2. The summed E-state index contributed by atoms with van der Waals surface area (Å²) in [4.78, 5) is 47.9. The van der Waals surface area contributed by atoms with Crippen LogP contribution in [0, 0.1) is 0 Å². The Kier molecular flexibility index (Phi) is 5.97. The van der Waals surface area contributed by atoms with E-state index in [1.165, 1.54) is 11.0 Å². The molecule has 1 atom stereocenters. The Bertz CT molecular complexity index is 653. The molecule has 0 aromatic carbocycles. The fraction of sp³-hybridized carbons (Fsp3) is 0.375. The number of amides is 3. The summed E-state index contributed by atoms with van der Waals surface area (Å²) in [6.07, 6.45) is 5.81. The van der Waals surface area contributed by atoms with Crippen LogP contribution in [0.3, 0.4) is 0 Å². The van der Waals surface area contributed by atoms with Crippen LogP contribution < -0.4 is 5.32 Å². The molecule has 1 unspecified atom stereocenters. The number of ether oxygens (including phenoxy) is 1. The largest absolute Gasteiger partial charge is 0.453 e. The van der Waals surface area contributed by atoms with Gasteiger partial charge in [0, 0.05) is 18.5 Å². The molecule has 0 saturated carbocycles. The molecule has 2 rings (SSSR count). The zero-order chi connectivity index (χ0) is 17.7. The average Bonchev–Trinajstić information content (AvgIpc) is 2.86. The minimum absolute atomic E-state index is 0.0243. The number of nitrogens with one attached hydrogen (secondary N) is 1. The SMILES string of the molecule is C=C/C=C(\C=C1/CCN(C2CCC(=O)NC2=O)C1=O)COC(=O)S. The summed E-state index contributed by atoms with van der Waals surface area (Å²) in [6, 6.07) is -0.622. The summed E-state index contributed by atoms with van der Waals surface area (Å²) in [7, 11) is 0. The Morgan fingerprint density at radius 3 is 2.75 bits per heavy atom. The molecule has 2 fully saturated rings. The molecule has 3 amide bonds. The quantitative estimate of drug-likeness (QED) is 0.255. The van der Waals surface area contributed by atoms with Gasteiger partial charge in [-0.3, -0.25) is 19.7 Å². The van der Waals surface area contributed by atoms with Crippen molar-refractivity contribution >= 4 is 35.7 Å². The number of thiol groups is 1. The molecule has 7 nitrogen and oxygen atoms in total. The van der Waals surface area contributed by atoms with Gasteiger partial charge in [0.15, 0.2) is 0 Å². The summed E-state index contributed by atoms with van der Waals surface area (Å²) in [5.74, 6) is -1.01. The predicted octanol–water partition coefficient (Wildman–Crippen LogP) is 1.13. The highest BCUT2D eigenvalue weighted by Gasteiger charge is 2.38. The maximum absolute atomic E-state index is 12.5. The van der Waals surface area contributed by atoms with Gasteiger partial charge in [-0.25, -0.2) is 4.79 Å². The number of hydrogen-bond acceptors (Lipinski definition) is 5. The second kappa shape index (κ2) is 7.96. The fourth-order valence-corrected chi connectivity index (χ4v) is 2.77. The first-order valence-electron chi connectivity index (χ1n) is 7.45. The lowest BCUT2D eigenvalue weighted by atomic mass is 10.0. The van der Waals surface area contributed by atoms with Gasteiger partial charge in [0.25, 0.3) is 5.91 Å². The first-order chi connectivity index (χ1) is 11.4. The van der Waals surface area contributed by atoms with Crippen molar-refractivity contribution in [1.29, 1.82) is 0 Å². The minimum atomic E-state index is -0.716. The number of imide groups is 1. The highest BCUT2D eigenvalue weighted by atomic mass is 32.1. The second-order valence-corrected chi connectivity index (χ2v) is 5.78. The molecule has 0 aromatic heterocycles. The highest BCUT2D eigenvalue weighted by Crippen LogP contribution is 2.24. The lowest BCUT2D eigenvalue weighted by Crippen LogP contribution is -2.52. The van der Waals surface area contributed by atoms with Crippen molar-refractivity contribution in [2.24, 2.45) is 0 Å². The molecule has 24 heavy (non-hydrogen) atoms. The van der Waals surface area contributed by atoms with Crippen LogP contribution in [0.4, 0.5) is 4.79 Å². The maximum Gasteiger partial charge on any atom is 0.364 e. The third-order valence-corrected chi connectivity index (χ3v) is 3.93. The van der Waals surface area contributed by atoms with Gasteiger partial charge in [0.1, 0.15) is 12.6 Å². The van der Waals surface area contributed by atoms with E-state index < -0.39 is 17.3 Å². The molecule has 0 aliphatic carbocycles. The highest BCUT2D eigenvalue weighted by molar-refractivity contribution is 7.96. The first kappa shape index (κ1) is 18.0.